The van der Waals surface area contributed by atoms with Crippen molar-refractivity contribution in [3.8, 4) is 0 Å². The molecule has 20 heavy (non-hydrogen) atoms. The van der Waals surface area contributed by atoms with Crippen LogP contribution in [0.5, 0.6) is 0 Å². The van der Waals surface area contributed by atoms with E-state index in [9.17, 15) is 9.59 Å². The smallest absolute Gasteiger partial charge is 0.326 e. The summed E-state index contributed by atoms with van der Waals surface area (Å²) in [4.78, 5) is 24.6. The number of carboxylic acids is 1. The molecular formula is C14H19N3O3. The van der Waals surface area contributed by atoms with Crippen molar-refractivity contribution < 1.29 is 14.7 Å². The first-order chi connectivity index (χ1) is 9.41. The van der Waals surface area contributed by atoms with Gasteiger partial charge in [0, 0.05) is 30.9 Å². The highest BCUT2D eigenvalue weighted by molar-refractivity contribution is 5.95. The molecule has 1 aromatic rings. The van der Waals surface area contributed by atoms with Gasteiger partial charge in [-0.3, -0.25) is 9.48 Å². The summed E-state index contributed by atoms with van der Waals surface area (Å²) in [5.41, 5.74) is 2.74. The summed E-state index contributed by atoms with van der Waals surface area (Å²) >= 11 is 0. The van der Waals surface area contributed by atoms with Gasteiger partial charge in [0.2, 0.25) is 5.91 Å². The molecule has 0 radical (unpaired) electrons. The molecule has 1 aliphatic rings. The molecule has 1 N–H and O–H groups in total. The highest BCUT2D eigenvalue weighted by Crippen LogP contribution is 2.19. The Morgan fingerprint density at radius 1 is 1.40 bits per heavy atom. The van der Waals surface area contributed by atoms with Crippen molar-refractivity contribution in [3.63, 3.8) is 0 Å². The lowest BCUT2D eigenvalue weighted by Gasteiger charge is -2.19. The van der Waals surface area contributed by atoms with Crippen molar-refractivity contribution in [1.82, 2.24) is 14.7 Å². The summed E-state index contributed by atoms with van der Waals surface area (Å²) in [6, 6.07) is -0.691. The van der Waals surface area contributed by atoms with Crippen LogP contribution in [0.25, 0.3) is 6.08 Å². The van der Waals surface area contributed by atoms with Crippen molar-refractivity contribution in [1.29, 1.82) is 0 Å². The van der Waals surface area contributed by atoms with Crippen LogP contribution in [0, 0.1) is 13.8 Å². The zero-order valence-electron chi connectivity index (χ0n) is 12.0. The Kier molecular flexibility index (Phi) is 3.92. The van der Waals surface area contributed by atoms with Crippen molar-refractivity contribution in [2.75, 3.05) is 6.54 Å². The number of carboxylic acid groups (broad SMARTS) is 1. The molecule has 1 atom stereocenters. The van der Waals surface area contributed by atoms with Crippen molar-refractivity contribution >= 4 is 18.0 Å². The summed E-state index contributed by atoms with van der Waals surface area (Å²) in [6.07, 6.45) is 4.43. The van der Waals surface area contributed by atoms with Crippen LogP contribution in [-0.2, 0) is 16.6 Å². The van der Waals surface area contributed by atoms with E-state index in [0.717, 1.165) is 23.4 Å². The maximum atomic E-state index is 12.1. The number of carbonyl (C=O) groups excluding carboxylic acids is 1. The number of aliphatic carboxylic acids is 1. The summed E-state index contributed by atoms with van der Waals surface area (Å²) in [5.74, 6) is -1.18. The maximum Gasteiger partial charge on any atom is 0.326 e. The van der Waals surface area contributed by atoms with Crippen molar-refractivity contribution in [2.45, 2.75) is 32.7 Å². The lowest BCUT2D eigenvalue weighted by atomic mass is 10.1. The quantitative estimate of drug-likeness (QED) is 0.840. The fourth-order valence-corrected chi connectivity index (χ4v) is 2.57. The molecule has 0 aromatic carbocycles. The first-order valence-electron chi connectivity index (χ1n) is 6.63. The largest absolute Gasteiger partial charge is 0.480 e. The molecule has 1 amide bonds. The molecule has 108 valence electrons. The second kappa shape index (κ2) is 5.48. The molecule has 6 heteroatoms. The van der Waals surface area contributed by atoms with Crippen LogP contribution in [0.1, 0.15) is 29.8 Å². The number of likely N-dealkylation sites (tertiary alicyclic amines) is 1. The van der Waals surface area contributed by atoms with Crippen LogP contribution in [0.15, 0.2) is 6.08 Å². The predicted octanol–water partition coefficient (Wildman–Crippen LogP) is 1.13. The van der Waals surface area contributed by atoms with Crippen LogP contribution in [-0.4, -0.2) is 44.3 Å². The topological polar surface area (TPSA) is 75.4 Å². The Morgan fingerprint density at radius 2 is 2.10 bits per heavy atom. The van der Waals surface area contributed by atoms with Gasteiger partial charge in [-0.2, -0.15) is 5.10 Å². The molecular weight excluding hydrogens is 258 g/mol. The lowest BCUT2D eigenvalue weighted by molar-refractivity contribution is -0.146. The molecule has 0 bridgehead atoms. The Morgan fingerprint density at radius 3 is 2.65 bits per heavy atom. The maximum absolute atomic E-state index is 12.1. The van der Waals surface area contributed by atoms with Gasteiger partial charge in [-0.05, 0) is 32.8 Å². The summed E-state index contributed by atoms with van der Waals surface area (Å²) in [7, 11) is 1.85. The number of hydrogen-bond donors (Lipinski definition) is 1. The first kappa shape index (κ1) is 14.3. The minimum atomic E-state index is -0.932. The minimum absolute atomic E-state index is 0.252. The number of aryl methyl sites for hydroxylation is 2. The van der Waals surface area contributed by atoms with Crippen LogP contribution in [0.2, 0.25) is 0 Å². The third-order valence-corrected chi connectivity index (χ3v) is 3.78. The summed E-state index contributed by atoms with van der Waals surface area (Å²) in [6.45, 7) is 4.32. The van der Waals surface area contributed by atoms with Gasteiger partial charge >= 0.3 is 5.97 Å². The fourth-order valence-electron chi connectivity index (χ4n) is 2.57. The number of aromatic nitrogens is 2. The van der Waals surface area contributed by atoms with Gasteiger partial charge in [-0.15, -0.1) is 0 Å². The van der Waals surface area contributed by atoms with E-state index >= 15 is 0 Å². The Labute approximate surface area is 117 Å². The summed E-state index contributed by atoms with van der Waals surface area (Å²) < 4.78 is 1.76. The molecule has 1 aromatic heterocycles. The molecule has 1 saturated heterocycles. The van der Waals surface area contributed by atoms with Crippen molar-refractivity contribution in [2.24, 2.45) is 7.05 Å². The molecule has 1 fully saturated rings. The van der Waals surface area contributed by atoms with E-state index < -0.39 is 12.0 Å². The van der Waals surface area contributed by atoms with E-state index in [1.807, 2.05) is 20.9 Å². The van der Waals surface area contributed by atoms with Gasteiger partial charge in [0.05, 0.1) is 5.69 Å². The van der Waals surface area contributed by atoms with Crippen LogP contribution in [0.4, 0.5) is 0 Å². The van der Waals surface area contributed by atoms with Gasteiger partial charge in [-0.25, -0.2) is 4.79 Å². The van der Waals surface area contributed by atoms with Crippen LogP contribution >= 0.6 is 0 Å². The average Bonchev–Trinajstić information content (AvgIpc) is 2.95. The van der Waals surface area contributed by atoms with Crippen LogP contribution < -0.4 is 0 Å². The number of nitrogens with zero attached hydrogens (tertiary/aromatic N) is 3. The molecule has 0 aliphatic carbocycles. The Hall–Kier alpha value is -2.11. The standard InChI is InChI=1S/C14H19N3O3/c1-9-11(10(2)16(3)15-9)6-7-13(18)17-8-4-5-12(17)14(19)20/h6-7,12H,4-5,8H2,1-3H3,(H,19,20)/t12-/m1/s1. The average molecular weight is 277 g/mol. The predicted molar refractivity (Wildman–Crippen MR) is 74.1 cm³/mol. The van der Waals surface area contributed by atoms with Gasteiger partial charge in [0.25, 0.3) is 0 Å². The monoisotopic (exact) mass is 277 g/mol. The zero-order chi connectivity index (χ0) is 14.9. The lowest BCUT2D eigenvalue weighted by Crippen LogP contribution is -2.39. The van der Waals surface area contributed by atoms with Crippen molar-refractivity contribution in [3.05, 3.63) is 23.0 Å². The normalized spacial score (nSPS) is 18.9. The molecule has 2 rings (SSSR count). The molecule has 2 heterocycles. The zero-order valence-corrected chi connectivity index (χ0v) is 12.0. The number of rotatable bonds is 3. The first-order valence-corrected chi connectivity index (χ1v) is 6.63. The second-order valence-electron chi connectivity index (χ2n) is 5.07. The molecule has 0 unspecified atom stereocenters. The minimum Gasteiger partial charge on any atom is -0.480 e. The number of amides is 1. The van der Waals surface area contributed by atoms with Crippen LogP contribution in [0.3, 0.4) is 0 Å². The highest BCUT2D eigenvalue weighted by Gasteiger charge is 2.32. The number of carbonyl (C=O) groups is 2. The third-order valence-electron chi connectivity index (χ3n) is 3.78. The third kappa shape index (κ3) is 2.59. The Bertz CT molecular complexity index is 574. The van der Waals surface area contributed by atoms with E-state index in [1.165, 1.54) is 11.0 Å². The molecule has 1 aliphatic heterocycles. The van der Waals surface area contributed by atoms with Gasteiger partial charge in [-0.1, -0.05) is 0 Å². The van der Waals surface area contributed by atoms with E-state index in [2.05, 4.69) is 5.10 Å². The second-order valence-corrected chi connectivity index (χ2v) is 5.07. The number of hydrogen-bond acceptors (Lipinski definition) is 3. The van der Waals surface area contributed by atoms with Gasteiger partial charge < -0.3 is 10.0 Å². The molecule has 6 nitrogen and oxygen atoms in total. The Balaban J connectivity index is 2.15. The highest BCUT2D eigenvalue weighted by atomic mass is 16.4. The van der Waals surface area contributed by atoms with E-state index in [1.54, 1.807) is 10.8 Å². The van der Waals surface area contributed by atoms with Gasteiger partial charge in [0.15, 0.2) is 0 Å². The van der Waals surface area contributed by atoms with E-state index in [0.29, 0.717) is 13.0 Å². The SMILES string of the molecule is Cc1nn(C)c(C)c1C=CC(=O)N1CCC[C@@H]1C(=O)O. The fraction of sp³-hybridized carbons (Fsp3) is 0.500. The van der Waals surface area contributed by atoms with Gasteiger partial charge in [0.1, 0.15) is 6.04 Å². The van der Waals surface area contributed by atoms with E-state index in [4.69, 9.17) is 5.11 Å². The summed E-state index contributed by atoms with van der Waals surface area (Å²) in [5, 5.41) is 13.4. The molecule has 0 spiro atoms. The van der Waals surface area contributed by atoms with E-state index in [-0.39, 0.29) is 5.91 Å². The molecule has 0 saturated carbocycles.